The summed E-state index contributed by atoms with van der Waals surface area (Å²) in [6, 6.07) is 0. The van der Waals surface area contributed by atoms with Crippen LogP contribution >= 0.6 is 0 Å². The molecule has 0 saturated carbocycles. The Hall–Kier alpha value is -0.830. The van der Waals surface area contributed by atoms with Crippen molar-refractivity contribution in [2.75, 3.05) is 13.1 Å². The second-order valence-corrected chi connectivity index (χ2v) is 4.08. The highest BCUT2D eigenvalue weighted by Crippen LogP contribution is 2.25. The third-order valence-corrected chi connectivity index (χ3v) is 3.13. The first-order valence-electron chi connectivity index (χ1n) is 5.54. The Morgan fingerprint density at radius 3 is 3.14 bits per heavy atom. The van der Waals surface area contributed by atoms with Crippen molar-refractivity contribution < 1.29 is 0 Å². The van der Waals surface area contributed by atoms with Gasteiger partial charge in [0.05, 0.1) is 6.20 Å². The fourth-order valence-corrected chi connectivity index (χ4v) is 2.38. The van der Waals surface area contributed by atoms with Crippen LogP contribution < -0.4 is 5.32 Å². The molecule has 14 heavy (non-hydrogen) atoms. The second-order valence-electron chi connectivity index (χ2n) is 4.08. The van der Waals surface area contributed by atoms with Gasteiger partial charge in [-0.2, -0.15) is 5.10 Å². The molecule has 1 fully saturated rings. The molecule has 0 spiro atoms. The minimum absolute atomic E-state index is 0.672. The first-order chi connectivity index (χ1) is 6.83. The molecule has 1 aromatic heterocycles. The lowest BCUT2D eigenvalue weighted by Gasteiger charge is -2.24. The summed E-state index contributed by atoms with van der Waals surface area (Å²) in [5.41, 5.74) is 2.86. The average molecular weight is 193 g/mol. The molecule has 0 aromatic carbocycles. The van der Waals surface area contributed by atoms with Crippen molar-refractivity contribution in [2.45, 2.75) is 32.1 Å². The summed E-state index contributed by atoms with van der Waals surface area (Å²) >= 11 is 0. The van der Waals surface area contributed by atoms with E-state index in [0.29, 0.717) is 5.92 Å². The van der Waals surface area contributed by atoms with Crippen LogP contribution in [0.25, 0.3) is 0 Å². The predicted molar refractivity (Wildman–Crippen MR) is 57.4 cm³/mol. The number of aryl methyl sites for hydroxylation is 2. The lowest BCUT2D eigenvalue weighted by atomic mass is 9.93. The van der Waals surface area contributed by atoms with Gasteiger partial charge in [0.1, 0.15) is 0 Å². The Bertz CT molecular complexity index is 297. The third kappa shape index (κ3) is 1.69. The Kier molecular flexibility index (Phi) is 2.87. The molecule has 78 valence electrons. The van der Waals surface area contributed by atoms with Crippen molar-refractivity contribution >= 4 is 0 Å². The van der Waals surface area contributed by atoms with Gasteiger partial charge in [0.2, 0.25) is 0 Å². The van der Waals surface area contributed by atoms with Crippen LogP contribution in [0.4, 0.5) is 0 Å². The van der Waals surface area contributed by atoms with Crippen LogP contribution in [0.1, 0.15) is 36.9 Å². The van der Waals surface area contributed by atoms with Gasteiger partial charge in [-0.25, -0.2) is 0 Å². The maximum absolute atomic E-state index is 4.35. The molecule has 1 saturated heterocycles. The first kappa shape index (κ1) is 9.71. The largest absolute Gasteiger partial charge is 0.316 e. The van der Waals surface area contributed by atoms with Crippen molar-refractivity contribution in [3.8, 4) is 0 Å². The molecule has 0 amide bonds. The lowest BCUT2D eigenvalue weighted by Crippen LogP contribution is -2.30. The molecule has 0 radical (unpaired) electrons. The van der Waals surface area contributed by atoms with Gasteiger partial charge in [0, 0.05) is 25.2 Å². The van der Waals surface area contributed by atoms with Crippen molar-refractivity contribution in [3.05, 3.63) is 17.5 Å². The fourth-order valence-electron chi connectivity index (χ4n) is 2.38. The molecule has 1 aliphatic heterocycles. The van der Waals surface area contributed by atoms with Gasteiger partial charge in [0.15, 0.2) is 0 Å². The molecule has 1 unspecified atom stereocenters. The molecule has 3 heteroatoms. The molecule has 2 heterocycles. The molecule has 1 aliphatic rings. The minimum atomic E-state index is 0.672. The van der Waals surface area contributed by atoms with Gasteiger partial charge in [0.25, 0.3) is 0 Å². The zero-order valence-corrected chi connectivity index (χ0v) is 9.08. The van der Waals surface area contributed by atoms with E-state index in [2.05, 4.69) is 29.1 Å². The van der Waals surface area contributed by atoms with E-state index in [9.17, 15) is 0 Å². The van der Waals surface area contributed by atoms with Crippen molar-refractivity contribution in [1.82, 2.24) is 15.1 Å². The summed E-state index contributed by atoms with van der Waals surface area (Å²) in [7, 11) is 2.06. The van der Waals surface area contributed by atoms with Crippen LogP contribution in [-0.2, 0) is 13.5 Å². The normalized spacial score (nSPS) is 22.6. The summed E-state index contributed by atoms with van der Waals surface area (Å²) in [4.78, 5) is 0. The number of nitrogens with one attached hydrogen (secondary N) is 1. The van der Waals surface area contributed by atoms with Crippen molar-refractivity contribution in [2.24, 2.45) is 7.05 Å². The van der Waals surface area contributed by atoms with E-state index in [1.807, 2.05) is 6.20 Å². The highest BCUT2D eigenvalue weighted by Gasteiger charge is 2.20. The van der Waals surface area contributed by atoms with Gasteiger partial charge in [-0.05, 0) is 31.4 Å². The summed E-state index contributed by atoms with van der Waals surface area (Å²) in [5, 5.41) is 7.81. The minimum Gasteiger partial charge on any atom is -0.316 e. The zero-order valence-electron chi connectivity index (χ0n) is 9.08. The Morgan fingerprint density at radius 2 is 2.50 bits per heavy atom. The predicted octanol–water partition coefficient (Wildman–Crippen LogP) is 1.45. The van der Waals surface area contributed by atoms with Crippen LogP contribution in [0.2, 0.25) is 0 Å². The van der Waals surface area contributed by atoms with E-state index in [0.717, 1.165) is 13.0 Å². The molecule has 1 atom stereocenters. The third-order valence-electron chi connectivity index (χ3n) is 3.13. The SMILES string of the molecule is CCc1cnn(C)c1C1CCCNC1. The van der Waals surface area contributed by atoms with Crippen LogP contribution in [0.3, 0.4) is 0 Å². The van der Waals surface area contributed by atoms with Crippen LogP contribution in [0.15, 0.2) is 6.20 Å². The molecule has 2 rings (SSSR count). The summed E-state index contributed by atoms with van der Waals surface area (Å²) in [6.45, 7) is 4.50. The highest BCUT2D eigenvalue weighted by molar-refractivity contribution is 5.22. The number of hydrogen-bond donors (Lipinski definition) is 1. The standard InChI is InChI=1S/C11H19N3/c1-3-9-8-13-14(2)11(9)10-5-4-6-12-7-10/h8,10,12H,3-7H2,1-2H3. The van der Waals surface area contributed by atoms with Gasteiger partial charge in [-0.15, -0.1) is 0 Å². The number of piperidine rings is 1. The molecule has 1 aromatic rings. The second kappa shape index (κ2) is 4.13. The summed E-state index contributed by atoms with van der Waals surface area (Å²) < 4.78 is 2.05. The van der Waals surface area contributed by atoms with Crippen LogP contribution in [0, 0.1) is 0 Å². The molecule has 0 aliphatic carbocycles. The fraction of sp³-hybridized carbons (Fsp3) is 0.727. The molecular formula is C11H19N3. The van der Waals surface area contributed by atoms with Crippen molar-refractivity contribution in [1.29, 1.82) is 0 Å². The maximum atomic E-state index is 4.35. The van der Waals surface area contributed by atoms with Gasteiger partial charge in [-0.1, -0.05) is 6.92 Å². The van der Waals surface area contributed by atoms with Gasteiger partial charge >= 0.3 is 0 Å². The Labute approximate surface area is 85.5 Å². The maximum Gasteiger partial charge on any atom is 0.0524 e. The van der Waals surface area contributed by atoms with E-state index in [4.69, 9.17) is 0 Å². The molecule has 0 bridgehead atoms. The topological polar surface area (TPSA) is 29.9 Å². The summed E-state index contributed by atoms with van der Waals surface area (Å²) in [6.07, 6.45) is 5.71. The zero-order chi connectivity index (χ0) is 9.97. The van der Waals surface area contributed by atoms with E-state index in [1.54, 1.807) is 0 Å². The number of hydrogen-bond acceptors (Lipinski definition) is 2. The van der Waals surface area contributed by atoms with Crippen LogP contribution in [-0.4, -0.2) is 22.9 Å². The number of rotatable bonds is 2. The smallest absolute Gasteiger partial charge is 0.0524 e. The monoisotopic (exact) mass is 193 g/mol. The quantitative estimate of drug-likeness (QED) is 0.770. The van der Waals surface area contributed by atoms with E-state index >= 15 is 0 Å². The van der Waals surface area contributed by atoms with Crippen molar-refractivity contribution in [3.63, 3.8) is 0 Å². The Balaban J connectivity index is 2.23. The average Bonchev–Trinajstić information content (AvgIpc) is 2.61. The van der Waals surface area contributed by atoms with E-state index in [1.165, 1.54) is 30.6 Å². The molecular weight excluding hydrogens is 174 g/mol. The van der Waals surface area contributed by atoms with E-state index in [-0.39, 0.29) is 0 Å². The lowest BCUT2D eigenvalue weighted by molar-refractivity contribution is 0.439. The highest BCUT2D eigenvalue weighted by atomic mass is 15.3. The van der Waals surface area contributed by atoms with Gasteiger partial charge < -0.3 is 5.32 Å². The summed E-state index contributed by atoms with van der Waals surface area (Å²) in [5.74, 6) is 0.672. The van der Waals surface area contributed by atoms with Gasteiger partial charge in [-0.3, -0.25) is 4.68 Å². The first-order valence-corrected chi connectivity index (χ1v) is 5.54. The molecule has 1 N–H and O–H groups in total. The number of aromatic nitrogens is 2. The number of nitrogens with zero attached hydrogens (tertiary/aromatic N) is 2. The van der Waals surface area contributed by atoms with Crippen LogP contribution in [0.5, 0.6) is 0 Å². The Morgan fingerprint density at radius 1 is 1.64 bits per heavy atom. The van der Waals surface area contributed by atoms with E-state index < -0.39 is 0 Å². The molecule has 3 nitrogen and oxygen atoms in total.